The zero-order valence-electron chi connectivity index (χ0n) is 10.7. The molecule has 0 saturated carbocycles. The lowest BCUT2D eigenvalue weighted by Crippen LogP contribution is -2.25. The molecule has 4 heteroatoms. The summed E-state index contributed by atoms with van der Waals surface area (Å²) in [5.74, 6) is 1.42. The first-order valence-corrected chi connectivity index (χ1v) is 6.48. The molecule has 1 aromatic carbocycles. The van der Waals surface area contributed by atoms with Gasteiger partial charge in [0.1, 0.15) is 11.5 Å². The second-order valence-electron chi connectivity index (χ2n) is 4.27. The Balaban J connectivity index is 2.04. The van der Waals surface area contributed by atoms with Crippen LogP contribution < -0.4 is 9.47 Å². The number of ether oxygens (including phenoxy) is 3. The molecule has 1 fully saturated rings. The van der Waals surface area contributed by atoms with Crippen LogP contribution >= 0.6 is 0 Å². The number of aliphatic hydroxyl groups excluding tert-OH is 1. The van der Waals surface area contributed by atoms with Gasteiger partial charge in [-0.15, -0.1) is 0 Å². The van der Waals surface area contributed by atoms with Crippen LogP contribution in [0.25, 0.3) is 0 Å². The Bertz CT molecular complexity index is 372. The lowest BCUT2D eigenvalue weighted by atomic mass is 10.2. The van der Waals surface area contributed by atoms with E-state index >= 15 is 0 Å². The summed E-state index contributed by atoms with van der Waals surface area (Å²) < 4.78 is 16.7. The minimum absolute atomic E-state index is 0.0575. The highest BCUT2D eigenvalue weighted by Crippen LogP contribution is 2.26. The van der Waals surface area contributed by atoms with Crippen molar-refractivity contribution in [2.75, 3.05) is 13.2 Å². The normalized spacial score (nSPS) is 19.6. The highest BCUT2D eigenvalue weighted by molar-refractivity contribution is 5.40. The van der Waals surface area contributed by atoms with E-state index in [2.05, 4.69) is 0 Å². The van der Waals surface area contributed by atoms with Crippen molar-refractivity contribution in [1.82, 2.24) is 0 Å². The molecular weight excluding hydrogens is 232 g/mol. The zero-order valence-corrected chi connectivity index (χ0v) is 10.7. The van der Waals surface area contributed by atoms with Crippen LogP contribution in [-0.2, 0) is 11.3 Å². The first kappa shape index (κ1) is 13.2. The van der Waals surface area contributed by atoms with E-state index in [1.165, 1.54) is 0 Å². The summed E-state index contributed by atoms with van der Waals surface area (Å²) in [4.78, 5) is 0. The van der Waals surface area contributed by atoms with E-state index in [4.69, 9.17) is 14.2 Å². The van der Waals surface area contributed by atoms with Crippen molar-refractivity contribution < 1.29 is 19.3 Å². The molecule has 100 valence electrons. The van der Waals surface area contributed by atoms with Crippen LogP contribution in [0.4, 0.5) is 0 Å². The van der Waals surface area contributed by atoms with Crippen molar-refractivity contribution in [3.8, 4) is 11.5 Å². The second kappa shape index (κ2) is 6.61. The molecule has 0 aromatic heterocycles. The summed E-state index contributed by atoms with van der Waals surface area (Å²) in [5, 5.41) is 9.31. The lowest BCUT2D eigenvalue weighted by molar-refractivity contribution is -0.105. The Morgan fingerprint density at radius 2 is 2.28 bits per heavy atom. The zero-order chi connectivity index (χ0) is 12.8. The highest BCUT2D eigenvalue weighted by atomic mass is 16.7. The molecule has 0 aliphatic carbocycles. The average Bonchev–Trinajstić information content (AvgIpc) is 2.42. The van der Waals surface area contributed by atoms with Gasteiger partial charge in [0.15, 0.2) is 6.29 Å². The smallest absolute Gasteiger partial charge is 0.199 e. The van der Waals surface area contributed by atoms with Gasteiger partial charge in [-0.25, -0.2) is 0 Å². The number of hydrogen-bond acceptors (Lipinski definition) is 4. The summed E-state index contributed by atoms with van der Waals surface area (Å²) in [6.07, 6.45) is 2.99. The molecule has 1 saturated heterocycles. The van der Waals surface area contributed by atoms with Gasteiger partial charge in [-0.2, -0.15) is 0 Å². The van der Waals surface area contributed by atoms with Gasteiger partial charge in [-0.05, 0) is 38.0 Å². The molecule has 2 rings (SSSR count). The SMILES string of the molecule is CCOc1ccc(OC2CCCCO2)cc1CO. The summed E-state index contributed by atoms with van der Waals surface area (Å²) in [5.41, 5.74) is 0.741. The number of hydrogen-bond donors (Lipinski definition) is 1. The summed E-state index contributed by atoms with van der Waals surface area (Å²) in [7, 11) is 0. The minimum atomic E-state index is -0.164. The molecule has 1 aliphatic rings. The maximum Gasteiger partial charge on any atom is 0.199 e. The Morgan fingerprint density at radius 3 is 2.94 bits per heavy atom. The van der Waals surface area contributed by atoms with Crippen LogP contribution in [-0.4, -0.2) is 24.6 Å². The summed E-state index contributed by atoms with van der Waals surface area (Å²) in [6, 6.07) is 5.48. The largest absolute Gasteiger partial charge is 0.494 e. The Labute approximate surface area is 107 Å². The van der Waals surface area contributed by atoms with Gasteiger partial charge in [0.2, 0.25) is 0 Å². The van der Waals surface area contributed by atoms with Gasteiger partial charge in [-0.1, -0.05) is 0 Å². The number of rotatable bonds is 5. The quantitative estimate of drug-likeness (QED) is 0.874. The molecule has 0 bridgehead atoms. The molecule has 1 heterocycles. The highest BCUT2D eigenvalue weighted by Gasteiger charge is 2.15. The van der Waals surface area contributed by atoms with Gasteiger partial charge in [0.25, 0.3) is 0 Å². The van der Waals surface area contributed by atoms with E-state index in [0.29, 0.717) is 12.4 Å². The van der Waals surface area contributed by atoms with E-state index in [0.717, 1.165) is 37.2 Å². The maximum atomic E-state index is 9.31. The molecule has 1 N–H and O–H groups in total. The van der Waals surface area contributed by atoms with Crippen LogP contribution in [0.3, 0.4) is 0 Å². The third-order valence-electron chi connectivity index (χ3n) is 2.91. The van der Waals surface area contributed by atoms with E-state index in [1.54, 1.807) is 0 Å². The van der Waals surface area contributed by atoms with Gasteiger partial charge >= 0.3 is 0 Å². The predicted octanol–water partition coefficient (Wildman–Crippen LogP) is 2.48. The third kappa shape index (κ3) is 3.37. The average molecular weight is 252 g/mol. The molecule has 18 heavy (non-hydrogen) atoms. The van der Waals surface area contributed by atoms with Crippen molar-refractivity contribution in [2.24, 2.45) is 0 Å². The molecule has 4 nitrogen and oxygen atoms in total. The van der Waals surface area contributed by atoms with E-state index in [-0.39, 0.29) is 12.9 Å². The summed E-state index contributed by atoms with van der Waals surface area (Å²) >= 11 is 0. The molecule has 1 aromatic rings. The maximum absolute atomic E-state index is 9.31. The van der Waals surface area contributed by atoms with Crippen LogP contribution in [0.2, 0.25) is 0 Å². The minimum Gasteiger partial charge on any atom is -0.494 e. The molecule has 1 atom stereocenters. The van der Waals surface area contributed by atoms with Gasteiger partial charge in [-0.3, -0.25) is 0 Å². The fraction of sp³-hybridized carbons (Fsp3) is 0.571. The Morgan fingerprint density at radius 1 is 1.39 bits per heavy atom. The first-order chi connectivity index (χ1) is 8.83. The molecule has 0 radical (unpaired) electrons. The molecule has 0 spiro atoms. The van der Waals surface area contributed by atoms with Crippen molar-refractivity contribution >= 4 is 0 Å². The fourth-order valence-corrected chi connectivity index (χ4v) is 2.00. The third-order valence-corrected chi connectivity index (χ3v) is 2.91. The van der Waals surface area contributed by atoms with Crippen LogP contribution in [0.5, 0.6) is 11.5 Å². The number of aliphatic hydroxyl groups is 1. The monoisotopic (exact) mass is 252 g/mol. The number of benzene rings is 1. The van der Waals surface area contributed by atoms with Gasteiger partial charge in [0.05, 0.1) is 19.8 Å². The van der Waals surface area contributed by atoms with Gasteiger partial charge < -0.3 is 19.3 Å². The molecule has 1 aliphatic heterocycles. The van der Waals surface area contributed by atoms with Crippen molar-refractivity contribution in [3.63, 3.8) is 0 Å². The van der Waals surface area contributed by atoms with Crippen LogP contribution in [0.1, 0.15) is 31.7 Å². The van der Waals surface area contributed by atoms with Crippen LogP contribution in [0, 0.1) is 0 Å². The topological polar surface area (TPSA) is 47.9 Å². The van der Waals surface area contributed by atoms with Crippen molar-refractivity contribution in [3.05, 3.63) is 23.8 Å². The molecule has 1 unspecified atom stereocenters. The standard InChI is InChI=1S/C14H20O4/c1-2-16-13-7-6-12(9-11(13)10-15)18-14-5-3-4-8-17-14/h6-7,9,14-15H,2-5,8,10H2,1H3. The van der Waals surface area contributed by atoms with Crippen molar-refractivity contribution in [2.45, 2.75) is 39.1 Å². The van der Waals surface area contributed by atoms with Crippen molar-refractivity contribution in [1.29, 1.82) is 0 Å². The van der Waals surface area contributed by atoms with E-state index in [1.807, 2.05) is 25.1 Å². The summed E-state index contributed by atoms with van der Waals surface area (Å²) in [6.45, 7) is 3.20. The Kier molecular flexibility index (Phi) is 4.84. The van der Waals surface area contributed by atoms with Gasteiger partial charge in [0, 0.05) is 12.0 Å². The van der Waals surface area contributed by atoms with Crippen LogP contribution in [0.15, 0.2) is 18.2 Å². The van der Waals surface area contributed by atoms with E-state index in [9.17, 15) is 5.11 Å². The Hall–Kier alpha value is -1.26. The second-order valence-corrected chi connectivity index (χ2v) is 4.27. The molecular formula is C14H20O4. The molecule has 0 amide bonds. The first-order valence-electron chi connectivity index (χ1n) is 6.48. The lowest BCUT2D eigenvalue weighted by Gasteiger charge is -2.23. The fourth-order valence-electron chi connectivity index (χ4n) is 2.00. The van der Waals surface area contributed by atoms with E-state index < -0.39 is 0 Å². The predicted molar refractivity (Wildman–Crippen MR) is 67.8 cm³/mol.